The lowest BCUT2D eigenvalue weighted by atomic mass is 9.70. The van der Waals surface area contributed by atoms with Crippen LogP contribution in [0.5, 0.6) is 0 Å². The van der Waals surface area contributed by atoms with E-state index in [0.29, 0.717) is 6.54 Å². The van der Waals surface area contributed by atoms with Gasteiger partial charge in [-0.2, -0.15) is 11.8 Å². The predicted octanol–water partition coefficient (Wildman–Crippen LogP) is 1.19. The summed E-state index contributed by atoms with van der Waals surface area (Å²) in [5.41, 5.74) is 6.54. The van der Waals surface area contributed by atoms with Gasteiger partial charge in [-0.15, -0.1) is 0 Å². The molecule has 2 heterocycles. The molecule has 0 saturated carbocycles. The highest BCUT2D eigenvalue weighted by atomic mass is 32.2. The Labute approximate surface area is 121 Å². The molecule has 0 amide bonds. The van der Waals surface area contributed by atoms with E-state index in [1.165, 1.54) is 12.2 Å². The van der Waals surface area contributed by atoms with Crippen LogP contribution < -0.4 is 5.73 Å². The zero-order chi connectivity index (χ0) is 14.1. The van der Waals surface area contributed by atoms with Crippen molar-refractivity contribution in [2.24, 2.45) is 11.1 Å². The molecule has 0 aromatic rings. The molecule has 2 aliphatic heterocycles. The van der Waals surface area contributed by atoms with Gasteiger partial charge in [0.15, 0.2) is 0 Å². The van der Waals surface area contributed by atoms with Crippen LogP contribution in [0.25, 0.3) is 0 Å². The fourth-order valence-corrected chi connectivity index (χ4v) is 5.35. The van der Waals surface area contributed by atoms with Crippen LogP contribution in [0.4, 0.5) is 0 Å². The minimum Gasteiger partial charge on any atom is -0.377 e. The fourth-order valence-electron chi connectivity index (χ4n) is 3.53. The highest BCUT2D eigenvalue weighted by Gasteiger charge is 2.53. The fraction of sp³-hybridized carbons (Fsp3) is 1.00. The number of methoxy groups -OCH3 is 2. The van der Waals surface area contributed by atoms with E-state index in [0.717, 1.165) is 18.8 Å². The van der Waals surface area contributed by atoms with Crippen molar-refractivity contribution in [2.75, 3.05) is 45.4 Å². The molecule has 0 aliphatic carbocycles. The van der Waals surface area contributed by atoms with E-state index in [1.54, 1.807) is 14.2 Å². The first-order valence-electron chi connectivity index (χ1n) is 7.09. The number of thioether (sulfide) groups is 1. The van der Waals surface area contributed by atoms with Gasteiger partial charge in [0.05, 0.1) is 12.2 Å². The number of hydrogen-bond donors (Lipinski definition) is 1. The van der Waals surface area contributed by atoms with Crippen LogP contribution in [0.2, 0.25) is 0 Å². The van der Waals surface area contributed by atoms with Crippen molar-refractivity contribution in [1.82, 2.24) is 4.90 Å². The smallest absolute Gasteiger partial charge is 0.0972 e. The number of hydrogen-bond acceptors (Lipinski definition) is 5. The molecule has 5 heteroatoms. The van der Waals surface area contributed by atoms with Gasteiger partial charge in [-0.25, -0.2) is 0 Å². The molecule has 2 fully saturated rings. The third-order valence-electron chi connectivity index (χ3n) is 5.24. The molecule has 19 heavy (non-hydrogen) atoms. The lowest BCUT2D eigenvalue weighted by Crippen LogP contribution is -2.65. The number of rotatable bonds is 4. The van der Waals surface area contributed by atoms with Gasteiger partial charge in [-0.05, 0) is 17.6 Å². The minimum absolute atomic E-state index is 0.0694. The molecule has 2 N–H and O–H groups in total. The van der Waals surface area contributed by atoms with Crippen molar-refractivity contribution in [3.63, 3.8) is 0 Å². The maximum Gasteiger partial charge on any atom is 0.0972 e. The molecular formula is C14H28N2O2S. The number of nitrogens with two attached hydrogens (primary N) is 1. The van der Waals surface area contributed by atoms with Crippen LogP contribution >= 0.6 is 11.8 Å². The lowest BCUT2D eigenvalue weighted by Gasteiger charge is -2.54. The Hall–Kier alpha value is 0.190. The summed E-state index contributed by atoms with van der Waals surface area (Å²) < 4.78 is 11.2. The molecule has 0 radical (unpaired) electrons. The van der Waals surface area contributed by atoms with E-state index in [1.807, 2.05) is 11.8 Å². The summed E-state index contributed by atoms with van der Waals surface area (Å²) in [6.45, 7) is 7.29. The highest BCUT2D eigenvalue weighted by Crippen LogP contribution is 2.46. The van der Waals surface area contributed by atoms with Crippen LogP contribution in [-0.2, 0) is 9.47 Å². The van der Waals surface area contributed by atoms with E-state index in [2.05, 4.69) is 18.7 Å². The van der Waals surface area contributed by atoms with Crippen LogP contribution in [0.3, 0.4) is 0 Å². The van der Waals surface area contributed by atoms with E-state index in [-0.39, 0.29) is 23.2 Å². The Morgan fingerprint density at radius 2 is 1.79 bits per heavy atom. The van der Waals surface area contributed by atoms with Crippen LogP contribution in [0.1, 0.15) is 20.3 Å². The average molecular weight is 288 g/mol. The second kappa shape index (κ2) is 5.90. The van der Waals surface area contributed by atoms with Gasteiger partial charge in [-0.1, -0.05) is 13.8 Å². The summed E-state index contributed by atoms with van der Waals surface area (Å²) in [4.78, 5) is 2.53. The average Bonchev–Trinajstić information content (AvgIpc) is 2.82. The zero-order valence-corrected chi connectivity index (χ0v) is 13.5. The minimum atomic E-state index is 0.0694. The van der Waals surface area contributed by atoms with Gasteiger partial charge in [-0.3, -0.25) is 4.90 Å². The Morgan fingerprint density at radius 1 is 1.21 bits per heavy atom. The second-order valence-corrected chi connectivity index (χ2v) is 7.48. The molecule has 0 aromatic carbocycles. The van der Waals surface area contributed by atoms with Gasteiger partial charge in [0.1, 0.15) is 0 Å². The summed E-state index contributed by atoms with van der Waals surface area (Å²) >= 11 is 2.03. The molecule has 2 aliphatic rings. The van der Waals surface area contributed by atoms with Crippen molar-refractivity contribution >= 4 is 11.8 Å². The molecule has 4 nitrogen and oxygen atoms in total. The highest BCUT2D eigenvalue weighted by molar-refractivity contribution is 7.99. The Balaban J connectivity index is 2.22. The molecule has 2 rings (SSSR count). The maximum absolute atomic E-state index is 6.23. The lowest BCUT2D eigenvalue weighted by molar-refractivity contribution is -0.00461. The standard InChI is InChI=1S/C14H28N2O2S/c1-13(2)5-6-19-10-14(13,9-15)16-7-11(17-3)12(8-16)18-4/h11-12H,5-10,15H2,1-4H3. The quantitative estimate of drug-likeness (QED) is 0.842. The second-order valence-electron chi connectivity index (χ2n) is 6.38. The normalized spacial score (nSPS) is 39.6. The molecule has 2 saturated heterocycles. The van der Waals surface area contributed by atoms with E-state index in [9.17, 15) is 0 Å². The van der Waals surface area contributed by atoms with Gasteiger partial charge < -0.3 is 15.2 Å². The first-order valence-corrected chi connectivity index (χ1v) is 8.24. The van der Waals surface area contributed by atoms with Gasteiger partial charge in [0, 0.05) is 45.1 Å². The first-order chi connectivity index (χ1) is 9.00. The topological polar surface area (TPSA) is 47.7 Å². The summed E-state index contributed by atoms with van der Waals surface area (Å²) in [5, 5.41) is 0. The SMILES string of the molecule is COC1CN(C2(CN)CSCCC2(C)C)CC1OC. The van der Waals surface area contributed by atoms with Crippen molar-refractivity contribution < 1.29 is 9.47 Å². The molecule has 0 spiro atoms. The monoisotopic (exact) mass is 288 g/mol. The molecule has 3 unspecified atom stereocenters. The van der Waals surface area contributed by atoms with Crippen molar-refractivity contribution in [2.45, 2.75) is 38.0 Å². The van der Waals surface area contributed by atoms with Gasteiger partial charge in [0.25, 0.3) is 0 Å². The van der Waals surface area contributed by atoms with E-state index in [4.69, 9.17) is 15.2 Å². The van der Waals surface area contributed by atoms with Crippen molar-refractivity contribution in [3.05, 3.63) is 0 Å². The van der Waals surface area contributed by atoms with Crippen molar-refractivity contribution in [1.29, 1.82) is 0 Å². The van der Waals surface area contributed by atoms with Gasteiger partial charge >= 0.3 is 0 Å². The Morgan fingerprint density at radius 3 is 2.21 bits per heavy atom. The number of ether oxygens (including phenoxy) is 2. The molecule has 112 valence electrons. The first kappa shape index (κ1) is 15.6. The van der Waals surface area contributed by atoms with E-state index >= 15 is 0 Å². The Kier molecular flexibility index (Phi) is 4.83. The van der Waals surface area contributed by atoms with Crippen LogP contribution in [0.15, 0.2) is 0 Å². The third kappa shape index (κ3) is 2.56. The molecule has 3 atom stereocenters. The van der Waals surface area contributed by atoms with Crippen LogP contribution in [0, 0.1) is 5.41 Å². The molecule has 0 bridgehead atoms. The zero-order valence-electron chi connectivity index (χ0n) is 12.6. The van der Waals surface area contributed by atoms with Gasteiger partial charge in [0.2, 0.25) is 0 Å². The van der Waals surface area contributed by atoms with Crippen molar-refractivity contribution in [3.8, 4) is 0 Å². The summed E-state index contributed by atoms with van der Waals surface area (Å²) in [6.07, 6.45) is 1.55. The van der Waals surface area contributed by atoms with E-state index < -0.39 is 0 Å². The summed E-state index contributed by atoms with van der Waals surface area (Å²) in [5.74, 6) is 2.35. The molecular weight excluding hydrogens is 260 g/mol. The Bertz CT molecular complexity index is 302. The largest absolute Gasteiger partial charge is 0.377 e. The number of likely N-dealkylation sites (tertiary alicyclic amines) is 1. The predicted molar refractivity (Wildman–Crippen MR) is 80.7 cm³/mol. The molecule has 0 aromatic heterocycles. The van der Waals surface area contributed by atoms with Crippen LogP contribution in [-0.4, -0.2) is 68.0 Å². The third-order valence-corrected chi connectivity index (χ3v) is 6.41. The summed E-state index contributed by atoms with van der Waals surface area (Å²) in [6, 6.07) is 0. The summed E-state index contributed by atoms with van der Waals surface area (Å²) in [7, 11) is 3.55. The maximum atomic E-state index is 6.23. The number of nitrogens with zero attached hydrogens (tertiary/aromatic N) is 1.